The van der Waals surface area contributed by atoms with E-state index in [-0.39, 0.29) is 11.7 Å². The van der Waals surface area contributed by atoms with Crippen molar-refractivity contribution in [3.63, 3.8) is 0 Å². The number of aromatic hydroxyl groups is 1. The molecule has 0 unspecified atom stereocenters. The van der Waals surface area contributed by atoms with Gasteiger partial charge < -0.3 is 10.0 Å². The van der Waals surface area contributed by atoms with Crippen LogP contribution in [0.2, 0.25) is 5.02 Å². The van der Waals surface area contributed by atoms with Crippen molar-refractivity contribution in [1.29, 1.82) is 0 Å². The van der Waals surface area contributed by atoms with Gasteiger partial charge in [0.1, 0.15) is 5.75 Å². The van der Waals surface area contributed by atoms with Crippen molar-refractivity contribution in [2.75, 3.05) is 6.54 Å². The van der Waals surface area contributed by atoms with Gasteiger partial charge in [-0.25, -0.2) is 0 Å². The van der Waals surface area contributed by atoms with Gasteiger partial charge in [-0.15, -0.1) is 0 Å². The van der Waals surface area contributed by atoms with Gasteiger partial charge >= 0.3 is 0 Å². The summed E-state index contributed by atoms with van der Waals surface area (Å²) in [6.07, 6.45) is 0. The molecule has 0 fully saturated rings. The highest BCUT2D eigenvalue weighted by molar-refractivity contribution is 6.30. The predicted octanol–water partition coefficient (Wildman–Crippen LogP) is 4.02. The second-order valence-electron chi connectivity index (χ2n) is 4.97. The zero-order valence-electron chi connectivity index (χ0n) is 12.1. The number of carbonyl (C=O) groups is 1. The SMILES string of the molecule is CCN(Cc1cccc(Cl)c1)C(=O)c1ccc(C)cc1O. The lowest BCUT2D eigenvalue weighted by molar-refractivity contribution is 0.0749. The summed E-state index contributed by atoms with van der Waals surface area (Å²) in [7, 11) is 0. The Hall–Kier alpha value is -2.00. The topological polar surface area (TPSA) is 40.5 Å². The van der Waals surface area contributed by atoms with Crippen LogP contribution in [0.25, 0.3) is 0 Å². The number of benzene rings is 2. The average Bonchev–Trinajstić information content (AvgIpc) is 2.44. The Labute approximate surface area is 129 Å². The Balaban J connectivity index is 2.22. The van der Waals surface area contributed by atoms with E-state index in [2.05, 4.69) is 0 Å². The van der Waals surface area contributed by atoms with Crippen LogP contribution in [0.15, 0.2) is 42.5 Å². The molecule has 2 rings (SSSR count). The summed E-state index contributed by atoms with van der Waals surface area (Å²) in [5.74, 6) is -0.167. The van der Waals surface area contributed by atoms with Crippen LogP contribution in [0.5, 0.6) is 5.75 Å². The molecule has 1 amide bonds. The third-order valence-electron chi connectivity index (χ3n) is 3.32. The largest absolute Gasteiger partial charge is 0.507 e. The molecule has 0 aliphatic carbocycles. The maximum absolute atomic E-state index is 12.5. The van der Waals surface area contributed by atoms with Crippen LogP contribution in [-0.4, -0.2) is 22.5 Å². The van der Waals surface area contributed by atoms with E-state index in [1.807, 2.05) is 38.1 Å². The first-order chi connectivity index (χ1) is 10.0. The van der Waals surface area contributed by atoms with Crippen molar-refractivity contribution < 1.29 is 9.90 Å². The van der Waals surface area contributed by atoms with Crippen LogP contribution >= 0.6 is 11.6 Å². The molecule has 0 bridgehead atoms. The molecular formula is C17H18ClNO2. The smallest absolute Gasteiger partial charge is 0.257 e. The maximum Gasteiger partial charge on any atom is 0.257 e. The lowest BCUT2D eigenvalue weighted by atomic mass is 10.1. The quantitative estimate of drug-likeness (QED) is 0.927. The third kappa shape index (κ3) is 3.76. The predicted molar refractivity (Wildman–Crippen MR) is 84.7 cm³/mol. The minimum Gasteiger partial charge on any atom is -0.507 e. The van der Waals surface area contributed by atoms with E-state index in [4.69, 9.17) is 11.6 Å². The summed E-state index contributed by atoms with van der Waals surface area (Å²) in [6.45, 7) is 4.80. The minimum absolute atomic E-state index is 0.0181. The van der Waals surface area contributed by atoms with Gasteiger partial charge in [0.15, 0.2) is 0 Å². The highest BCUT2D eigenvalue weighted by Crippen LogP contribution is 2.21. The Morgan fingerprint density at radius 2 is 2.00 bits per heavy atom. The first-order valence-electron chi connectivity index (χ1n) is 6.84. The van der Waals surface area contributed by atoms with E-state index in [0.717, 1.165) is 11.1 Å². The highest BCUT2D eigenvalue weighted by Gasteiger charge is 2.18. The summed E-state index contributed by atoms with van der Waals surface area (Å²) in [4.78, 5) is 14.2. The van der Waals surface area contributed by atoms with Gasteiger partial charge in [0, 0.05) is 18.1 Å². The molecule has 0 spiro atoms. The van der Waals surface area contributed by atoms with Gasteiger partial charge in [-0.3, -0.25) is 4.79 Å². The molecular weight excluding hydrogens is 286 g/mol. The fraction of sp³-hybridized carbons (Fsp3) is 0.235. The van der Waals surface area contributed by atoms with Gasteiger partial charge in [0.05, 0.1) is 5.56 Å². The van der Waals surface area contributed by atoms with Crippen molar-refractivity contribution in [2.45, 2.75) is 20.4 Å². The fourth-order valence-corrected chi connectivity index (χ4v) is 2.39. The summed E-state index contributed by atoms with van der Waals surface area (Å²) in [5, 5.41) is 10.6. The van der Waals surface area contributed by atoms with E-state index in [1.165, 1.54) is 0 Å². The molecule has 0 atom stereocenters. The van der Waals surface area contributed by atoms with Crippen LogP contribution in [0.3, 0.4) is 0 Å². The normalized spacial score (nSPS) is 10.4. The van der Waals surface area contributed by atoms with Gasteiger partial charge in [-0.2, -0.15) is 0 Å². The summed E-state index contributed by atoms with van der Waals surface area (Å²) in [5.41, 5.74) is 2.20. The molecule has 110 valence electrons. The minimum atomic E-state index is -0.185. The number of aryl methyl sites for hydroxylation is 1. The number of phenols is 1. The Kier molecular flexibility index (Phi) is 4.86. The Morgan fingerprint density at radius 1 is 1.24 bits per heavy atom. The lowest BCUT2D eigenvalue weighted by Crippen LogP contribution is -2.30. The van der Waals surface area contributed by atoms with E-state index < -0.39 is 0 Å². The maximum atomic E-state index is 12.5. The van der Waals surface area contributed by atoms with Crippen LogP contribution in [0, 0.1) is 6.92 Å². The van der Waals surface area contributed by atoms with E-state index in [0.29, 0.717) is 23.7 Å². The number of rotatable bonds is 4. The number of halogens is 1. The van der Waals surface area contributed by atoms with Crippen molar-refractivity contribution in [3.8, 4) is 5.75 Å². The van der Waals surface area contributed by atoms with E-state index in [9.17, 15) is 9.90 Å². The Morgan fingerprint density at radius 3 is 2.62 bits per heavy atom. The average molecular weight is 304 g/mol. The highest BCUT2D eigenvalue weighted by atomic mass is 35.5. The molecule has 0 heterocycles. The molecule has 3 nitrogen and oxygen atoms in total. The van der Waals surface area contributed by atoms with E-state index >= 15 is 0 Å². The molecule has 2 aromatic carbocycles. The number of hydrogen-bond acceptors (Lipinski definition) is 2. The number of phenolic OH excluding ortho intramolecular Hbond substituents is 1. The lowest BCUT2D eigenvalue weighted by Gasteiger charge is -2.21. The fourth-order valence-electron chi connectivity index (χ4n) is 2.18. The summed E-state index contributed by atoms with van der Waals surface area (Å²) in [6, 6.07) is 12.5. The standard InChI is InChI=1S/C17H18ClNO2/c1-3-19(11-13-5-4-6-14(18)10-13)17(21)15-8-7-12(2)9-16(15)20/h4-10,20H,3,11H2,1-2H3. The van der Waals surface area contributed by atoms with Gasteiger partial charge in [-0.05, 0) is 49.2 Å². The summed E-state index contributed by atoms with van der Waals surface area (Å²) >= 11 is 5.97. The molecule has 0 saturated heterocycles. The molecule has 0 aliphatic rings. The van der Waals surface area contributed by atoms with Crippen molar-refractivity contribution in [1.82, 2.24) is 4.90 Å². The molecule has 21 heavy (non-hydrogen) atoms. The first-order valence-corrected chi connectivity index (χ1v) is 7.22. The summed E-state index contributed by atoms with van der Waals surface area (Å²) < 4.78 is 0. The number of amides is 1. The Bertz CT molecular complexity index is 655. The van der Waals surface area contributed by atoms with Crippen molar-refractivity contribution >= 4 is 17.5 Å². The second-order valence-corrected chi connectivity index (χ2v) is 5.41. The van der Waals surface area contributed by atoms with Gasteiger partial charge in [0.25, 0.3) is 5.91 Å². The third-order valence-corrected chi connectivity index (χ3v) is 3.55. The number of hydrogen-bond donors (Lipinski definition) is 1. The van der Waals surface area contributed by atoms with Gasteiger partial charge in [-0.1, -0.05) is 29.8 Å². The molecule has 0 radical (unpaired) electrons. The molecule has 4 heteroatoms. The van der Waals surface area contributed by atoms with E-state index in [1.54, 1.807) is 23.1 Å². The van der Waals surface area contributed by atoms with Crippen LogP contribution in [-0.2, 0) is 6.54 Å². The van der Waals surface area contributed by atoms with Crippen molar-refractivity contribution in [2.24, 2.45) is 0 Å². The van der Waals surface area contributed by atoms with Crippen LogP contribution < -0.4 is 0 Å². The molecule has 2 aromatic rings. The van der Waals surface area contributed by atoms with Crippen LogP contribution in [0.4, 0.5) is 0 Å². The van der Waals surface area contributed by atoms with Crippen LogP contribution in [0.1, 0.15) is 28.4 Å². The zero-order chi connectivity index (χ0) is 15.4. The number of carbonyl (C=O) groups excluding carboxylic acids is 1. The number of nitrogens with zero attached hydrogens (tertiary/aromatic N) is 1. The zero-order valence-corrected chi connectivity index (χ0v) is 12.9. The van der Waals surface area contributed by atoms with Crippen molar-refractivity contribution in [3.05, 3.63) is 64.2 Å². The first kappa shape index (κ1) is 15.4. The molecule has 1 N–H and O–H groups in total. The molecule has 0 aromatic heterocycles. The second kappa shape index (κ2) is 6.64. The van der Waals surface area contributed by atoms with Gasteiger partial charge in [0.2, 0.25) is 0 Å². The molecule has 0 aliphatic heterocycles. The monoisotopic (exact) mass is 303 g/mol. The molecule has 0 saturated carbocycles.